The van der Waals surface area contributed by atoms with Crippen LogP contribution in [0.15, 0.2) is 41.0 Å². The molecule has 5 nitrogen and oxygen atoms in total. The summed E-state index contributed by atoms with van der Waals surface area (Å²) in [5, 5.41) is 3.01. The molecule has 0 aliphatic carbocycles. The number of halogens is 1. The summed E-state index contributed by atoms with van der Waals surface area (Å²) < 4.78 is 11.3. The lowest BCUT2D eigenvalue weighted by atomic mass is 10.1. The second-order valence-electron chi connectivity index (χ2n) is 6.92. The summed E-state index contributed by atoms with van der Waals surface area (Å²) in [5.74, 6) is 1.56. The van der Waals surface area contributed by atoms with E-state index in [1.807, 2.05) is 44.2 Å². The highest BCUT2D eigenvalue weighted by Gasteiger charge is 2.24. The molecule has 1 N–H and O–H groups in total. The SMILES string of the molecule is Cc1cccc(OCC(=O)NCC(c2ccco2)N2CCCCC2)c1C.Cl. The van der Waals surface area contributed by atoms with Crippen molar-refractivity contribution in [3.05, 3.63) is 53.5 Å². The Morgan fingerprint density at radius 2 is 1.96 bits per heavy atom. The third kappa shape index (κ3) is 5.75. The van der Waals surface area contributed by atoms with Crippen molar-refractivity contribution in [2.45, 2.75) is 39.2 Å². The van der Waals surface area contributed by atoms with Crippen LogP contribution in [-0.2, 0) is 4.79 Å². The Balaban J connectivity index is 0.00000261. The molecule has 3 rings (SSSR count). The van der Waals surface area contributed by atoms with Crippen molar-refractivity contribution in [1.29, 1.82) is 0 Å². The average molecular weight is 393 g/mol. The molecule has 1 aliphatic heterocycles. The molecule has 27 heavy (non-hydrogen) atoms. The van der Waals surface area contributed by atoms with Gasteiger partial charge in [-0.05, 0) is 69.1 Å². The third-order valence-electron chi connectivity index (χ3n) is 5.11. The Morgan fingerprint density at radius 1 is 1.19 bits per heavy atom. The zero-order chi connectivity index (χ0) is 18.4. The molecule has 1 atom stereocenters. The molecule has 1 aliphatic rings. The standard InChI is InChI=1S/C21H28N2O3.ClH/c1-16-8-6-9-19(17(16)2)26-15-21(24)22-14-18(20-10-7-13-25-20)23-11-4-3-5-12-23;/h6-10,13,18H,3-5,11-12,14-15H2,1-2H3,(H,22,24);1H. The van der Waals surface area contributed by atoms with Gasteiger partial charge in [-0.25, -0.2) is 0 Å². The highest BCUT2D eigenvalue weighted by atomic mass is 35.5. The maximum absolute atomic E-state index is 12.3. The predicted octanol–water partition coefficient (Wildman–Crippen LogP) is 4.04. The number of carbonyl (C=O) groups excluding carboxylic acids is 1. The Kier molecular flexibility index (Phi) is 8.20. The molecule has 0 spiro atoms. The van der Waals surface area contributed by atoms with Gasteiger partial charge >= 0.3 is 0 Å². The molecule has 0 saturated carbocycles. The normalized spacial score (nSPS) is 15.6. The lowest BCUT2D eigenvalue weighted by molar-refractivity contribution is -0.123. The highest BCUT2D eigenvalue weighted by Crippen LogP contribution is 2.24. The predicted molar refractivity (Wildman–Crippen MR) is 109 cm³/mol. The minimum Gasteiger partial charge on any atom is -0.483 e. The summed E-state index contributed by atoms with van der Waals surface area (Å²) in [6, 6.07) is 9.84. The van der Waals surface area contributed by atoms with Gasteiger partial charge in [0.1, 0.15) is 11.5 Å². The third-order valence-corrected chi connectivity index (χ3v) is 5.11. The first-order valence-electron chi connectivity index (χ1n) is 9.38. The fraction of sp³-hybridized carbons (Fsp3) is 0.476. The van der Waals surface area contributed by atoms with Gasteiger partial charge in [-0.15, -0.1) is 12.4 Å². The fourth-order valence-corrected chi connectivity index (χ4v) is 3.41. The van der Waals surface area contributed by atoms with E-state index in [1.165, 1.54) is 19.3 Å². The quantitative estimate of drug-likeness (QED) is 0.772. The first-order chi connectivity index (χ1) is 12.6. The van der Waals surface area contributed by atoms with Crippen LogP contribution < -0.4 is 10.1 Å². The fourth-order valence-electron chi connectivity index (χ4n) is 3.41. The summed E-state index contributed by atoms with van der Waals surface area (Å²) in [6.07, 6.45) is 5.36. The van der Waals surface area contributed by atoms with Gasteiger partial charge in [0.2, 0.25) is 0 Å². The molecule has 1 saturated heterocycles. The number of piperidine rings is 1. The molecule has 148 valence electrons. The van der Waals surface area contributed by atoms with Crippen LogP contribution >= 0.6 is 12.4 Å². The second kappa shape index (κ2) is 10.4. The van der Waals surface area contributed by atoms with Crippen molar-refractivity contribution in [2.75, 3.05) is 26.2 Å². The van der Waals surface area contributed by atoms with Gasteiger partial charge in [-0.3, -0.25) is 9.69 Å². The Hall–Kier alpha value is -1.98. The molecule has 2 aromatic rings. The van der Waals surface area contributed by atoms with Crippen LogP contribution in [0.1, 0.15) is 42.2 Å². The summed E-state index contributed by atoms with van der Waals surface area (Å²) >= 11 is 0. The van der Waals surface area contributed by atoms with Gasteiger partial charge in [-0.2, -0.15) is 0 Å². The van der Waals surface area contributed by atoms with E-state index in [-0.39, 0.29) is 31.0 Å². The monoisotopic (exact) mass is 392 g/mol. The molecular formula is C21H29ClN2O3. The number of carbonyl (C=O) groups is 1. The average Bonchev–Trinajstić information content (AvgIpc) is 3.18. The number of benzene rings is 1. The lowest BCUT2D eigenvalue weighted by Crippen LogP contribution is -2.41. The molecular weight excluding hydrogens is 364 g/mol. The summed E-state index contributed by atoms with van der Waals surface area (Å²) in [6.45, 7) is 6.68. The van der Waals surface area contributed by atoms with E-state index in [2.05, 4.69) is 10.2 Å². The van der Waals surface area contributed by atoms with Gasteiger partial charge in [0, 0.05) is 6.54 Å². The molecule has 2 heterocycles. The minimum absolute atomic E-state index is 0. The molecule has 1 unspecified atom stereocenters. The van der Waals surface area contributed by atoms with E-state index in [0.29, 0.717) is 6.54 Å². The van der Waals surface area contributed by atoms with Crippen molar-refractivity contribution >= 4 is 18.3 Å². The Morgan fingerprint density at radius 3 is 2.67 bits per heavy atom. The topological polar surface area (TPSA) is 54.7 Å². The smallest absolute Gasteiger partial charge is 0.258 e. The number of hydrogen-bond acceptors (Lipinski definition) is 4. The maximum Gasteiger partial charge on any atom is 0.258 e. The van der Waals surface area contributed by atoms with Crippen LogP contribution in [0.5, 0.6) is 5.75 Å². The number of likely N-dealkylation sites (tertiary alicyclic amines) is 1. The molecule has 1 amide bonds. The molecule has 6 heteroatoms. The maximum atomic E-state index is 12.3. The number of nitrogens with one attached hydrogen (secondary N) is 1. The number of ether oxygens (including phenoxy) is 1. The van der Waals surface area contributed by atoms with Crippen molar-refractivity contribution < 1.29 is 13.9 Å². The first-order valence-corrected chi connectivity index (χ1v) is 9.38. The van der Waals surface area contributed by atoms with Gasteiger partial charge in [0.15, 0.2) is 6.61 Å². The summed E-state index contributed by atoms with van der Waals surface area (Å²) in [5.41, 5.74) is 2.23. The summed E-state index contributed by atoms with van der Waals surface area (Å²) in [4.78, 5) is 14.7. The van der Waals surface area contributed by atoms with Crippen LogP contribution in [-0.4, -0.2) is 37.0 Å². The van der Waals surface area contributed by atoms with E-state index in [9.17, 15) is 4.79 Å². The van der Waals surface area contributed by atoms with Crippen molar-refractivity contribution in [1.82, 2.24) is 10.2 Å². The van der Waals surface area contributed by atoms with Crippen LogP contribution in [0.3, 0.4) is 0 Å². The second-order valence-corrected chi connectivity index (χ2v) is 6.92. The van der Waals surface area contributed by atoms with Crippen LogP contribution in [0.2, 0.25) is 0 Å². The summed E-state index contributed by atoms with van der Waals surface area (Å²) in [7, 11) is 0. The number of nitrogens with zero attached hydrogens (tertiary/aromatic N) is 1. The van der Waals surface area contributed by atoms with Crippen molar-refractivity contribution in [2.24, 2.45) is 0 Å². The van der Waals surface area contributed by atoms with E-state index >= 15 is 0 Å². The molecule has 1 aromatic heterocycles. The number of furan rings is 1. The minimum atomic E-state index is -0.112. The van der Waals surface area contributed by atoms with E-state index in [4.69, 9.17) is 9.15 Å². The van der Waals surface area contributed by atoms with Crippen molar-refractivity contribution in [3.8, 4) is 5.75 Å². The van der Waals surface area contributed by atoms with Gasteiger partial charge in [0.25, 0.3) is 5.91 Å². The zero-order valence-corrected chi connectivity index (χ0v) is 16.9. The number of rotatable bonds is 7. The Labute approximate surface area is 167 Å². The number of amides is 1. The van der Waals surface area contributed by atoms with Crippen LogP contribution in [0.4, 0.5) is 0 Å². The van der Waals surface area contributed by atoms with Gasteiger partial charge < -0.3 is 14.5 Å². The largest absolute Gasteiger partial charge is 0.483 e. The van der Waals surface area contributed by atoms with E-state index in [0.717, 1.165) is 35.7 Å². The zero-order valence-electron chi connectivity index (χ0n) is 16.1. The van der Waals surface area contributed by atoms with E-state index in [1.54, 1.807) is 6.26 Å². The van der Waals surface area contributed by atoms with Crippen molar-refractivity contribution in [3.63, 3.8) is 0 Å². The van der Waals surface area contributed by atoms with Crippen LogP contribution in [0, 0.1) is 13.8 Å². The Bertz CT molecular complexity index is 712. The van der Waals surface area contributed by atoms with E-state index < -0.39 is 0 Å². The van der Waals surface area contributed by atoms with Gasteiger partial charge in [-0.1, -0.05) is 18.6 Å². The highest BCUT2D eigenvalue weighted by molar-refractivity contribution is 5.85. The molecule has 0 radical (unpaired) electrons. The first kappa shape index (κ1) is 21.3. The molecule has 0 bridgehead atoms. The lowest BCUT2D eigenvalue weighted by Gasteiger charge is -2.33. The number of aryl methyl sites for hydroxylation is 1. The number of hydrogen-bond donors (Lipinski definition) is 1. The van der Waals surface area contributed by atoms with Crippen LogP contribution in [0.25, 0.3) is 0 Å². The molecule has 1 fully saturated rings. The molecule has 1 aromatic carbocycles. The van der Waals surface area contributed by atoms with Gasteiger partial charge in [0.05, 0.1) is 12.3 Å².